The fraction of sp³-hybridized carbons (Fsp3) is 0.895. The van der Waals surface area contributed by atoms with Crippen LogP contribution in [0.3, 0.4) is 0 Å². The van der Waals surface area contributed by atoms with Gasteiger partial charge in [-0.2, -0.15) is 0 Å². The fourth-order valence-corrected chi connectivity index (χ4v) is 2.39. The number of unbranched alkanes of at least 4 members (excludes halogenated alkanes) is 2. The molecule has 0 amide bonds. The highest BCUT2D eigenvalue weighted by molar-refractivity contribution is 5.85. The van der Waals surface area contributed by atoms with Crippen molar-refractivity contribution in [3.63, 3.8) is 0 Å². The molecule has 0 saturated heterocycles. The number of nitrogens with two attached hydrogens (primary N) is 3. The van der Waals surface area contributed by atoms with Crippen LogP contribution in [0.2, 0.25) is 0 Å². The summed E-state index contributed by atoms with van der Waals surface area (Å²) in [7, 11) is 0. The number of rotatable bonds is 12. The van der Waals surface area contributed by atoms with Crippen LogP contribution in [0.25, 0.3) is 0 Å². The molecule has 0 rings (SSSR count). The molecule has 24 heavy (non-hydrogen) atoms. The van der Waals surface area contributed by atoms with E-state index in [1.54, 1.807) is 0 Å². The second-order valence-electron chi connectivity index (χ2n) is 7.19. The van der Waals surface area contributed by atoms with Gasteiger partial charge in [-0.1, -0.05) is 47.5 Å². The average molecular weight is 344 g/mol. The zero-order chi connectivity index (χ0) is 19.1. The van der Waals surface area contributed by atoms with Gasteiger partial charge in [-0.05, 0) is 38.8 Å². The highest BCUT2D eigenvalue weighted by atomic mass is 16.1. The van der Waals surface area contributed by atoms with Gasteiger partial charge >= 0.3 is 0 Å². The van der Waals surface area contributed by atoms with Crippen molar-refractivity contribution in [1.82, 2.24) is 0 Å². The van der Waals surface area contributed by atoms with Crippen molar-refractivity contribution in [3.8, 4) is 0 Å². The molecule has 0 aliphatic rings. The summed E-state index contributed by atoms with van der Waals surface area (Å²) in [5, 5.41) is 0. The van der Waals surface area contributed by atoms with Crippen molar-refractivity contribution in [2.24, 2.45) is 35.0 Å². The van der Waals surface area contributed by atoms with E-state index in [4.69, 9.17) is 17.2 Å². The Balaban J connectivity index is 0. The molecule has 144 valence electrons. The maximum Gasteiger partial charge on any atom is 0.152 e. The van der Waals surface area contributed by atoms with Crippen molar-refractivity contribution in [3.05, 3.63) is 0 Å². The van der Waals surface area contributed by atoms with Crippen molar-refractivity contribution in [2.75, 3.05) is 13.1 Å². The lowest BCUT2D eigenvalue weighted by Gasteiger charge is -2.12. The predicted octanol–water partition coefficient (Wildman–Crippen LogP) is 2.64. The summed E-state index contributed by atoms with van der Waals surface area (Å²) in [6.07, 6.45) is 5.80. The van der Waals surface area contributed by atoms with Crippen molar-refractivity contribution < 1.29 is 9.59 Å². The Labute approximate surface area is 149 Å². The molecule has 0 unspecified atom stereocenters. The first-order valence-corrected chi connectivity index (χ1v) is 9.42. The van der Waals surface area contributed by atoms with Crippen molar-refractivity contribution in [2.45, 2.75) is 79.2 Å². The Kier molecular flexibility index (Phi) is 16.7. The van der Waals surface area contributed by atoms with Crippen LogP contribution in [-0.2, 0) is 9.59 Å². The van der Waals surface area contributed by atoms with Crippen LogP contribution in [0.1, 0.15) is 73.1 Å². The molecular formula is C19H41N3O2. The SMILES string of the molecule is CC(C)C(=O)[C@@H](N)CCCCN.CC(C)C(=O)[C@H](C)CCCCN. The van der Waals surface area contributed by atoms with Gasteiger partial charge in [0.05, 0.1) is 6.04 Å². The van der Waals surface area contributed by atoms with E-state index < -0.39 is 0 Å². The molecule has 0 heterocycles. The third-order valence-corrected chi connectivity index (χ3v) is 4.05. The molecule has 0 aromatic heterocycles. The number of Topliss-reactive ketones (excluding diaryl/α,β-unsaturated/α-hetero) is 2. The van der Waals surface area contributed by atoms with Crippen LogP contribution in [0.4, 0.5) is 0 Å². The van der Waals surface area contributed by atoms with Crippen LogP contribution in [0.5, 0.6) is 0 Å². The summed E-state index contributed by atoms with van der Waals surface area (Å²) in [6, 6.07) is -0.281. The molecule has 0 fully saturated rings. The predicted molar refractivity (Wildman–Crippen MR) is 103 cm³/mol. The van der Waals surface area contributed by atoms with Gasteiger partial charge in [-0.25, -0.2) is 0 Å². The topological polar surface area (TPSA) is 112 Å². The smallest absolute Gasteiger partial charge is 0.152 e. The minimum absolute atomic E-state index is 0.0536. The second kappa shape index (κ2) is 15.7. The molecule has 0 radical (unpaired) electrons. The molecule has 0 spiro atoms. The van der Waals surface area contributed by atoms with E-state index >= 15 is 0 Å². The monoisotopic (exact) mass is 343 g/mol. The average Bonchev–Trinajstić information content (AvgIpc) is 2.53. The first-order chi connectivity index (χ1) is 11.2. The standard InChI is InChI=1S/C10H21NO.C9H20N2O/c1-8(2)10(12)9(3)6-4-5-7-11;1-7(2)9(12)8(11)5-3-4-6-10/h8-9H,4-7,11H2,1-3H3;7-8H,3-6,10-11H2,1-2H3/t9-;8-/m10/s1. The molecule has 0 aliphatic carbocycles. The molecule has 0 aliphatic heterocycles. The normalized spacial score (nSPS) is 13.4. The van der Waals surface area contributed by atoms with Crippen molar-refractivity contribution >= 4 is 11.6 Å². The van der Waals surface area contributed by atoms with Gasteiger partial charge in [0.25, 0.3) is 0 Å². The number of carbonyl (C=O) groups is 2. The lowest BCUT2D eigenvalue weighted by Crippen LogP contribution is -2.33. The van der Waals surface area contributed by atoms with Gasteiger partial charge in [-0.15, -0.1) is 0 Å². The van der Waals surface area contributed by atoms with Crippen LogP contribution >= 0.6 is 0 Å². The van der Waals surface area contributed by atoms with E-state index in [0.717, 1.165) is 45.1 Å². The molecule has 5 heteroatoms. The van der Waals surface area contributed by atoms with Gasteiger partial charge in [-0.3, -0.25) is 9.59 Å². The van der Waals surface area contributed by atoms with Gasteiger partial charge in [0, 0.05) is 17.8 Å². The third-order valence-electron chi connectivity index (χ3n) is 4.05. The largest absolute Gasteiger partial charge is 0.330 e. The summed E-state index contributed by atoms with van der Waals surface area (Å²) in [4.78, 5) is 22.7. The van der Waals surface area contributed by atoms with Gasteiger partial charge < -0.3 is 17.2 Å². The van der Waals surface area contributed by atoms with E-state index in [2.05, 4.69) is 0 Å². The molecule has 0 aromatic rings. The summed E-state index contributed by atoms with van der Waals surface area (Å²) in [5.41, 5.74) is 16.4. The molecule has 0 bridgehead atoms. The Morgan fingerprint density at radius 2 is 1.12 bits per heavy atom. The maximum absolute atomic E-state index is 11.4. The van der Waals surface area contributed by atoms with Crippen LogP contribution in [0, 0.1) is 17.8 Å². The first kappa shape index (κ1) is 25.5. The van der Waals surface area contributed by atoms with E-state index in [0.29, 0.717) is 12.3 Å². The van der Waals surface area contributed by atoms with Gasteiger partial charge in [0.1, 0.15) is 5.78 Å². The van der Waals surface area contributed by atoms with Crippen molar-refractivity contribution in [1.29, 1.82) is 0 Å². The molecular weight excluding hydrogens is 302 g/mol. The Bertz CT molecular complexity index is 299. The second-order valence-corrected chi connectivity index (χ2v) is 7.19. The number of ketones is 2. The number of hydrogen-bond donors (Lipinski definition) is 3. The highest BCUT2D eigenvalue weighted by Crippen LogP contribution is 2.13. The van der Waals surface area contributed by atoms with E-state index in [-0.39, 0.29) is 29.6 Å². The summed E-state index contributed by atoms with van der Waals surface area (Å²) in [5.74, 6) is 0.992. The zero-order valence-corrected chi connectivity index (χ0v) is 16.5. The van der Waals surface area contributed by atoms with Gasteiger partial charge in [0.15, 0.2) is 5.78 Å². The summed E-state index contributed by atoms with van der Waals surface area (Å²) in [6.45, 7) is 11.1. The van der Waals surface area contributed by atoms with Crippen LogP contribution in [-0.4, -0.2) is 30.7 Å². The van der Waals surface area contributed by atoms with E-state index in [9.17, 15) is 9.59 Å². The molecule has 2 atom stereocenters. The number of carbonyl (C=O) groups excluding carboxylic acids is 2. The Morgan fingerprint density at radius 1 is 0.708 bits per heavy atom. The molecule has 6 N–H and O–H groups in total. The first-order valence-electron chi connectivity index (χ1n) is 9.42. The molecule has 0 saturated carbocycles. The zero-order valence-electron chi connectivity index (χ0n) is 16.5. The van der Waals surface area contributed by atoms with Gasteiger partial charge in [0.2, 0.25) is 0 Å². The Morgan fingerprint density at radius 3 is 1.50 bits per heavy atom. The quantitative estimate of drug-likeness (QED) is 0.472. The molecule has 5 nitrogen and oxygen atoms in total. The highest BCUT2D eigenvalue weighted by Gasteiger charge is 2.16. The summed E-state index contributed by atoms with van der Waals surface area (Å²) >= 11 is 0. The minimum Gasteiger partial charge on any atom is -0.330 e. The molecule has 0 aromatic carbocycles. The minimum atomic E-state index is -0.281. The summed E-state index contributed by atoms with van der Waals surface area (Å²) < 4.78 is 0. The van der Waals surface area contributed by atoms with Crippen LogP contribution < -0.4 is 17.2 Å². The third kappa shape index (κ3) is 13.6. The maximum atomic E-state index is 11.4. The lowest BCUT2D eigenvalue weighted by molar-refractivity contribution is -0.125. The van der Waals surface area contributed by atoms with E-state index in [1.165, 1.54) is 0 Å². The van der Waals surface area contributed by atoms with E-state index in [1.807, 2.05) is 34.6 Å². The van der Waals surface area contributed by atoms with Crippen LogP contribution in [0.15, 0.2) is 0 Å². The lowest BCUT2D eigenvalue weighted by atomic mass is 9.92. The number of hydrogen-bond acceptors (Lipinski definition) is 5. The Hall–Kier alpha value is -0.780. The fourth-order valence-electron chi connectivity index (χ4n) is 2.39.